The standard InChI is InChI=1S/C23H25ClF3NO2/c1-15(2)14-30-20-10-9-18(13-19(20)23(25,26)27)28-21(29)22(11-3-4-12-22)16-5-7-17(24)8-6-16/h5-10,13,15H,3-4,11-12,14H2,1-2H3,(H,28,29). The Kier molecular flexibility index (Phi) is 6.65. The van der Waals surface area contributed by atoms with Crippen molar-refractivity contribution >= 4 is 23.2 Å². The number of hydrogen-bond donors (Lipinski definition) is 1. The van der Waals surface area contributed by atoms with E-state index < -0.39 is 17.2 Å². The van der Waals surface area contributed by atoms with Gasteiger partial charge >= 0.3 is 6.18 Å². The van der Waals surface area contributed by atoms with E-state index in [1.807, 2.05) is 26.0 Å². The second-order valence-electron chi connectivity index (χ2n) is 8.16. The maximum Gasteiger partial charge on any atom is 0.420 e. The first-order valence-electron chi connectivity index (χ1n) is 10.0. The van der Waals surface area contributed by atoms with Crippen molar-refractivity contribution in [1.29, 1.82) is 0 Å². The molecule has 1 N–H and O–H groups in total. The Morgan fingerprint density at radius 2 is 1.77 bits per heavy atom. The van der Waals surface area contributed by atoms with Crippen molar-refractivity contribution < 1.29 is 22.7 Å². The van der Waals surface area contributed by atoms with Crippen molar-refractivity contribution in [3.05, 3.63) is 58.6 Å². The predicted molar refractivity (Wildman–Crippen MR) is 112 cm³/mol. The smallest absolute Gasteiger partial charge is 0.420 e. The Bertz CT molecular complexity index is 888. The summed E-state index contributed by atoms with van der Waals surface area (Å²) in [5.41, 5.74) is -0.734. The summed E-state index contributed by atoms with van der Waals surface area (Å²) in [6.07, 6.45) is -1.55. The van der Waals surface area contributed by atoms with E-state index in [1.165, 1.54) is 12.1 Å². The van der Waals surface area contributed by atoms with Gasteiger partial charge in [0.2, 0.25) is 5.91 Å². The normalized spacial score (nSPS) is 16.0. The Balaban J connectivity index is 1.88. The molecule has 7 heteroatoms. The number of amides is 1. The molecule has 2 aromatic rings. The van der Waals surface area contributed by atoms with Crippen LogP contribution in [0, 0.1) is 5.92 Å². The summed E-state index contributed by atoms with van der Waals surface area (Å²) in [5.74, 6) is -0.444. The molecule has 162 valence electrons. The summed E-state index contributed by atoms with van der Waals surface area (Å²) in [6.45, 7) is 3.90. The van der Waals surface area contributed by atoms with Crippen LogP contribution < -0.4 is 10.1 Å². The zero-order valence-corrected chi connectivity index (χ0v) is 17.7. The number of rotatable bonds is 6. The highest BCUT2D eigenvalue weighted by Crippen LogP contribution is 2.43. The van der Waals surface area contributed by atoms with Crippen LogP contribution in [0.25, 0.3) is 0 Å². The van der Waals surface area contributed by atoms with Crippen molar-refractivity contribution in [2.24, 2.45) is 5.92 Å². The number of carbonyl (C=O) groups is 1. The van der Waals surface area contributed by atoms with Gasteiger partial charge in [-0.2, -0.15) is 13.2 Å². The number of benzene rings is 2. The fourth-order valence-electron chi connectivity index (χ4n) is 3.86. The van der Waals surface area contributed by atoms with Gasteiger partial charge in [-0.1, -0.05) is 50.4 Å². The van der Waals surface area contributed by atoms with Crippen molar-refractivity contribution in [3.8, 4) is 5.75 Å². The maximum atomic E-state index is 13.6. The van der Waals surface area contributed by atoms with Gasteiger partial charge in [0.25, 0.3) is 0 Å². The summed E-state index contributed by atoms with van der Waals surface area (Å²) in [5, 5.41) is 3.28. The average molecular weight is 440 g/mol. The third-order valence-electron chi connectivity index (χ3n) is 5.40. The van der Waals surface area contributed by atoms with Gasteiger partial charge in [0.05, 0.1) is 17.6 Å². The topological polar surface area (TPSA) is 38.3 Å². The molecule has 3 rings (SSSR count). The number of anilines is 1. The van der Waals surface area contributed by atoms with Crippen LogP contribution in [0.1, 0.15) is 50.7 Å². The van der Waals surface area contributed by atoms with Crippen LogP contribution in [0.2, 0.25) is 5.02 Å². The van der Waals surface area contributed by atoms with E-state index in [-0.39, 0.29) is 29.9 Å². The third kappa shape index (κ3) is 4.91. The molecule has 0 bridgehead atoms. The van der Waals surface area contributed by atoms with Crippen LogP contribution in [0.4, 0.5) is 18.9 Å². The predicted octanol–water partition coefficient (Wildman–Crippen LogP) is 6.84. The summed E-state index contributed by atoms with van der Waals surface area (Å²) >= 11 is 5.97. The molecule has 0 heterocycles. The Labute approximate surface area is 179 Å². The van der Waals surface area contributed by atoms with Gasteiger partial charge in [-0.3, -0.25) is 4.79 Å². The van der Waals surface area contributed by atoms with E-state index in [9.17, 15) is 18.0 Å². The van der Waals surface area contributed by atoms with Crippen LogP contribution in [-0.2, 0) is 16.4 Å². The number of ether oxygens (including phenoxy) is 1. The lowest BCUT2D eigenvalue weighted by atomic mass is 9.78. The molecule has 1 fully saturated rings. The molecule has 1 amide bonds. The Morgan fingerprint density at radius 1 is 1.13 bits per heavy atom. The van der Waals surface area contributed by atoms with E-state index >= 15 is 0 Å². The van der Waals surface area contributed by atoms with Gasteiger partial charge in [-0.25, -0.2) is 0 Å². The van der Waals surface area contributed by atoms with E-state index in [0.717, 1.165) is 24.5 Å². The molecule has 0 saturated heterocycles. The quantitative estimate of drug-likeness (QED) is 0.534. The Hall–Kier alpha value is -2.21. The van der Waals surface area contributed by atoms with Crippen LogP contribution in [0.15, 0.2) is 42.5 Å². The second kappa shape index (κ2) is 8.88. The number of halogens is 4. The van der Waals surface area contributed by atoms with E-state index in [1.54, 1.807) is 12.1 Å². The summed E-state index contributed by atoms with van der Waals surface area (Å²) in [6, 6.07) is 10.8. The lowest BCUT2D eigenvalue weighted by Gasteiger charge is -2.28. The van der Waals surface area contributed by atoms with Crippen molar-refractivity contribution in [2.75, 3.05) is 11.9 Å². The van der Waals surface area contributed by atoms with E-state index in [4.69, 9.17) is 16.3 Å². The SMILES string of the molecule is CC(C)COc1ccc(NC(=O)C2(c3ccc(Cl)cc3)CCCC2)cc1C(F)(F)F. The minimum absolute atomic E-state index is 0.0899. The van der Waals surface area contributed by atoms with Gasteiger partial charge < -0.3 is 10.1 Å². The highest BCUT2D eigenvalue weighted by atomic mass is 35.5. The summed E-state index contributed by atoms with van der Waals surface area (Å²) in [7, 11) is 0. The first-order chi connectivity index (χ1) is 14.1. The number of alkyl halides is 3. The fraction of sp³-hybridized carbons (Fsp3) is 0.435. The van der Waals surface area contributed by atoms with E-state index in [2.05, 4.69) is 5.32 Å². The monoisotopic (exact) mass is 439 g/mol. The molecule has 1 aliphatic carbocycles. The van der Waals surface area contributed by atoms with Gasteiger partial charge in [-0.15, -0.1) is 0 Å². The van der Waals surface area contributed by atoms with Crippen molar-refractivity contribution in [3.63, 3.8) is 0 Å². The van der Waals surface area contributed by atoms with Crippen molar-refractivity contribution in [1.82, 2.24) is 0 Å². The zero-order valence-electron chi connectivity index (χ0n) is 17.0. The molecule has 0 spiro atoms. The molecular weight excluding hydrogens is 415 g/mol. The van der Waals surface area contributed by atoms with E-state index in [0.29, 0.717) is 17.9 Å². The molecule has 30 heavy (non-hydrogen) atoms. The molecule has 0 atom stereocenters. The number of nitrogens with one attached hydrogen (secondary N) is 1. The summed E-state index contributed by atoms with van der Waals surface area (Å²) < 4.78 is 46.0. The van der Waals surface area contributed by atoms with Crippen LogP contribution in [0.3, 0.4) is 0 Å². The molecule has 0 unspecified atom stereocenters. The molecule has 0 aliphatic heterocycles. The fourth-order valence-corrected chi connectivity index (χ4v) is 3.98. The first-order valence-corrected chi connectivity index (χ1v) is 10.4. The largest absolute Gasteiger partial charge is 0.493 e. The second-order valence-corrected chi connectivity index (χ2v) is 8.60. The zero-order chi connectivity index (χ0) is 21.9. The van der Waals surface area contributed by atoms with Gasteiger partial charge in [-0.05, 0) is 54.7 Å². The molecule has 0 radical (unpaired) electrons. The van der Waals surface area contributed by atoms with Crippen LogP contribution in [0.5, 0.6) is 5.75 Å². The lowest BCUT2D eigenvalue weighted by molar-refractivity contribution is -0.139. The van der Waals surface area contributed by atoms with Crippen LogP contribution in [-0.4, -0.2) is 12.5 Å². The maximum absolute atomic E-state index is 13.6. The van der Waals surface area contributed by atoms with Crippen molar-refractivity contribution in [2.45, 2.75) is 51.1 Å². The van der Waals surface area contributed by atoms with Gasteiger partial charge in [0, 0.05) is 10.7 Å². The van der Waals surface area contributed by atoms with Gasteiger partial charge in [0.1, 0.15) is 5.75 Å². The minimum Gasteiger partial charge on any atom is -0.493 e. The third-order valence-corrected chi connectivity index (χ3v) is 5.66. The average Bonchev–Trinajstić information content (AvgIpc) is 3.18. The lowest BCUT2D eigenvalue weighted by Crippen LogP contribution is -2.38. The Morgan fingerprint density at radius 3 is 2.33 bits per heavy atom. The minimum atomic E-state index is -4.59. The highest BCUT2D eigenvalue weighted by Gasteiger charge is 2.43. The molecule has 0 aromatic heterocycles. The van der Waals surface area contributed by atoms with Crippen LogP contribution >= 0.6 is 11.6 Å². The number of carbonyl (C=O) groups excluding carboxylic acids is 1. The highest BCUT2D eigenvalue weighted by molar-refractivity contribution is 6.30. The summed E-state index contributed by atoms with van der Waals surface area (Å²) in [4.78, 5) is 13.2. The molecule has 1 saturated carbocycles. The molecule has 3 nitrogen and oxygen atoms in total. The van der Waals surface area contributed by atoms with Gasteiger partial charge in [0.15, 0.2) is 0 Å². The first kappa shape index (κ1) is 22.5. The molecule has 1 aliphatic rings. The molecule has 2 aromatic carbocycles. The molecular formula is C23H25ClF3NO2. The number of hydrogen-bond acceptors (Lipinski definition) is 2.